The molecule has 2 unspecified atom stereocenters. The number of aromatic nitrogens is 2. The zero-order valence-electron chi connectivity index (χ0n) is 18.3. The van der Waals surface area contributed by atoms with E-state index in [1.165, 1.54) is 22.9 Å². The van der Waals surface area contributed by atoms with Gasteiger partial charge in [0.25, 0.3) is 5.91 Å². The first-order valence-corrected chi connectivity index (χ1v) is 13.2. The van der Waals surface area contributed by atoms with E-state index >= 15 is 0 Å². The second kappa shape index (κ2) is 8.25. The van der Waals surface area contributed by atoms with E-state index in [9.17, 15) is 17.6 Å². The molecule has 178 valence electrons. The summed E-state index contributed by atoms with van der Waals surface area (Å²) < 4.78 is 41.3. The molecule has 1 saturated heterocycles. The van der Waals surface area contributed by atoms with Gasteiger partial charge < -0.3 is 11.1 Å². The maximum Gasteiger partial charge on any atom is 0.261 e. The first-order valence-electron chi connectivity index (χ1n) is 11.2. The number of rotatable bonds is 4. The van der Waals surface area contributed by atoms with Gasteiger partial charge in [0.05, 0.1) is 16.5 Å². The maximum atomic E-state index is 13.5. The molecular formula is C22H27ClFN5O3S. The lowest BCUT2D eigenvalue weighted by Crippen LogP contribution is -2.35. The van der Waals surface area contributed by atoms with Gasteiger partial charge in [-0.2, -0.15) is 9.40 Å². The summed E-state index contributed by atoms with van der Waals surface area (Å²) in [6.07, 6.45) is 4.14. The molecule has 2 aliphatic carbocycles. The number of sulfonamides is 1. The standard InChI is InChI=1S/C22H27ClFN5O3S/c1-28-21(25)19(22(30)26-15-3-4-18(24)17(23)11-15)20(27-28)14-7-12-9-16(10-13(12)8-14)29-5-2-6-33(29,31)32/h3-4,11-14,16H,2,5-10,25H2,1H3,(H,26,30). The summed E-state index contributed by atoms with van der Waals surface area (Å²) in [7, 11) is -1.40. The van der Waals surface area contributed by atoms with E-state index in [4.69, 9.17) is 17.3 Å². The molecule has 3 fully saturated rings. The second-order valence-electron chi connectivity index (χ2n) is 9.45. The van der Waals surface area contributed by atoms with E-state index in [-0.39, 0.29) is 28.6 Å². The molecule has 0 bridgehead atoms. The Morgan fingerprint density at radius 1 is 1.24 bits per heavy atom. The van der Waals surface area contributed by atoms with Gasteiger partial charge in [-0.15, -0.1) is 0 Å². The zero-order valence-corrected chi connectivity index (χ0v) is 19.9. The lowest BCUT2D eigenvalue weighted by atomic mass is 9.95. The lowest BCUT2D eigenvalue weighted by molar-refractivity contribution is 0.102. The minimum absolute atomic E-state index is 0.0784. The van der Waals surface area contributed by atoms with Crippen LogP contribution in [0.1, 0.15) is 54.1 Å². The van der Waals surface area contributed by atoms with Gasteiger partial charge in [0.2, 0.25) is 10.0 Å². The molecule has 2 atom stereocenters. The number of halogens is 2. The Kier molecular flexibility index (Phi) is 5.65. The summed E-state index contributed by atoms with van der Waals surface area (Å²) in [5, 5.41) is 7.24. The third-order valence-electron chi connectivity index (χ3n) is 7.45. The van der Waals surface area contributed by atoms with Crippen molar-refractivity contribution in [3.05, 3.63) is 40.3 Å². The normalized spacial score (nSPS) is 28.8. The van der Waals surface area contributed by atoms with Gasteiger partial charge in [-0.3, -0.25) is 9.48 Å². The molecule has 1 aromatic carbocycles. The van der Waals surface area contributed by atoms with Crippen LogP contribution in [-0.2, 0) is 17.1 Å². The zero-order chi connectivity index (χ0) is 23.5. The number of hydrogen-bond donors (Lipinski definition) is 2. The maximum absolute atomic E-state index is 13.5. The number of nitrogens with one attached hydrogen (secondary N) is 1. The highest BCUT2D eigenvalue weighted by Crippen LogP contribution is 2.52. The average Bonchev–Trinajstić information content (AvgIpc) is 3.47. The van der Waals surface area contributed by atoms with Gasteiger partial charge in [0.1, 0.15) is 17.2 Å². The number of carbonyl (C=O) groups is 1. The molecule has 0 radical (unpaired) electrons. The minimum atomic E-state index is -3.11. The third-order valence-corrected chi connectivity index (χ3v) is 9.74. The number of carbonyl (C=O) groups excluding carboxylic acids is 1. The predicted octanol–water partition coefficient (Wildman–Crippen LogP) is 3.35. The average molecular weight is 496 g/mol. The van der Waals surface area contributed by atoms with Crippen LogP contribution in [0.3, 0.4) is 0 Å². The van der Waals surface area contributed by atoms with Crippen molar-refractivity contribution in [2.24, 2.45) is 18.9 Å². The quantitative estimate of drug-likeness (QED) is 0.675. The summed E-state index contributed by atoms with van der Waals surface area (Å²) in [6.45, 7) is 0.629. The summed E-state index contributed by atoms with van der Waals surface area (Å²) in [5.41, 5.74) is 7.59. The second-order valence-corrected chi connectivity index (χ2v) is 11.9. The Hall–Kier alpha value is -2.17. The first kappa shape index (κ1) is 22.6. The van der Waals surface area contributed by atoms with Crippen molar-refractivity contribution in [2.75, 3.05) is 23.3 Å². The SMILES string of the molecule is Cn1nc(C2CC3CC(N4CCCS4(=O)=O)CC3C2)c(C(=O)Nc2ccc(F)c(Cl)c2)c1N. The van der Waals surface area contributed by atoms with E-state index in [1.807, 2.05) is 0 Å². The molecule has 3 N–H and O–H groups in total. The van der Waals surface area contributed by atoms with Crippen LogP contribution in [0.2, 0.25) is 5.02 Å². The largest absolute Gasteiger partial charge is 0.383 e. The number of amides is 1. The van der Waals surface area contributed by atoms with Gasteiger partial charge in [-0.25, -0.2) is 12.8 Å². The Labute approximate surface area is 197 Å². The van der Waals surface area contributed by atoms with Crippen LogP contribution in [0.4, 0.5) is 15.9 Å². The minimum Gasteiger partial charge on any atom is -0.383 e. The Balaban J connectivity index is 1.33. The summed E-state index contributed by atoms with van der Waals surface area (Å²) in [4.78, 5) is 13.1. The molecule has 11 heteroatoms. The molecular weight excluding hydrogens is 469 g/mol. The van der Waals surface area contributed by atoms with Gasteiger partial charge in [-0.1, -0.05) is 11.6 Å². The topological polar surface area (TPSA) is 110 Å². The monoisotopic (exact) mass is 495 g/mol. The van der Waals surface area contributed by atoms with E-state index < -0.39 is 21.7 Å². The van der Waals surface area contributed by atoms with Crippen molar-refractivity contribution >= 4 is 39.0 Å². The van der Waals surface area contributed by atoms with Crippen molar-refractivity contribution in [1.29, 1.82) is 0 Å². The molecule has 1 aliphatic heterocycles. The van der Waals surface area contributed by atoms with E-state index in [0.717, 1.165) is 25.7 Å². The van der Waals surface area contributed by atoms with Gasteiger partial charge in [-0.05, 0) is 62.1 Å². The molecule has 1 amide bonds. The number of nitrogen functional groups attached to an aromatic ring is 1. The Morgan fingerprint density at radius 3 is 2.55 bits per heavy atom. The number of fused-ring (bicyclic) bond motifs is 1. The van der Waals surface area contributed by atoms with Crippen molar-refractivity contribution < 1.29 is 17.6 Å². The van der Waals surface area contributed by atoms with Crippen LogP contribution >= 0.6 is 11.6 Å². The summed E-state index contributed by atoms with van der Waals surface area (Å²) in [5.74, 6) is 0.458. The first-order chi connectivity index (χ1) is 15.6. The highest BCUT2D eigenvalue weighted by molar-refractivity contribution is 7.89. The van der Waals surface area contributed by atoms with E-state index in [1.54, 1.807) is 11.4 Å². The van der Waals surface area contributed by atoms with Crippen LogP contribution in [0.5, 0.6) is 0 Å². The fourth-order valence-electron chi connectivity index (χ4n) is 5.96. The fourth-order valence-corrected chi connectivity index (χ4v) is 7.90. The summed E-state index contributed by atoms with van der Waals surface area (Å²) in [6, 6.07) is 4.08. The number of hydrogen-bond acceptors (Lipinski definition) is 5. The predicted molar refractivity (Wildman–Crippen MR) is 124 cm³/mol. The number of nitrogens with zero attached hydrogens (tertiary/aromatic N) is 3. The number of benzene rings is 1. The molecule has 2 aromatic rings. The van der Waals surface area contributed by atoms with Crippen molar-refractivity contribution in [3.63, 3.8) is 0 Å². The van der Waals surface area contributed by atoms with E-state index in [2.05, 4.69) is 10.4 Å². The molecule has 5 rings (SSSR count). The smallest absolute Gasteiger partial charge is 0.261 e. The third kappa shape index (κ3) is 4.02. The number of nitrogens with two attached hydrogens (primary N) is 1. The van der Waals surface area contributed by atoms with Crippen molar-refractivity contribution in [1.82, 2.24) is 14.1 Å². The van der Waals surface area contributed by atoms with Crippen LogP contribution in [0, 0.1) is 17.7 Å². The van der Waals surface area contributed by atoms with Crippen LogP contribution in [0.25, 0.3) is 0 Å². The van der Waals surface area contributed by atoms with Gasteiger partial charge in [0.15, 0.2) is 0 Å². The Bertz CT molecular complexity index is 1200. The van der Waals surface area contributed by atoms with Gasteiger partial charge >= 0.3 is 0 Å². The van der Waals surface area contributed by atoms with Crippen molar-refractivity contribution in [3.8, 4) is 0 Å². The van der Waals surface area contributed by atoms with Crippen LogP contribution < -0.4 is 11.1 Å². The molecule has 3 aliphatic rings. The van der Waals surface area contributed by atoms with E-state index in [0.29, 0.717) is 41.7 Å². The Morgan fingerprint density at radius 2 is 1.94 bits per heavy atom. The lowest BCUT2D eigenvalue weighted by Gasteiger charge is -2.23. The molecule has 2 heterocycles. The molecule has 33 heavy (non-hydrogen) atoms. The molecule has 0 spiro atoms. The summed E-state index contributed by atoms with van der Waals surface area (Å²) >= 11 is 5.84. The van der Waals surface area contributed by atoms with Crippen LogP contribution in [-0.4, -0.2) is 46.8 Å². The number of aryl methyl sites for hydroxylation is 1. The molecule has 8 nitrogen and oxygen atoms in total. The van der Waals surface area contributed by atoms with Gasteiger partial charge in [0, 0.05) is 31.2 Å². The number of anilines is 2. The van der Waals surface area contributed by atoms with Crippen molar-refractivity contribution in [2.45, 2.75) is 44.1 Å². The molecule has 2 saturated carbocycles. The molecule has 1 aromatic heterocycles. The van der Waals surface area contributed by atoms with Crippen LogP contribution in [0.15, 0.2) is 18.2 Å². The highest BCUT2D eigenvalue weighted by Gasteiger charge is 2.48. The highest BCUT2D eigenvalue weighted by atomic mass is 35.5. The fraction of sp³-hybridized carbons (Fsp3) is 0.545.